The third-order valence-corrected chi connectivity index (χ3v) is 5.57. The lowest BCUT2D eigenvalue weighted by molar-refractivity contribution is -0.137. The Hall–Kier alpha value is -4.13. The lowest BCUT2D eigenvalue weighted by atomic mass is 9.97. The van der Waals surface area contributed by atoms with Crippen molar-refractivity contribution in [2.75, 3.05) is 22.6 Å². The van der Waals surface area contributed by atoms with Gasteiger partial charge in [0.2, 0.25) is 5.91 Å². The van der Waals surface area contributed by atoms with Crippen LogP contribution in [0.4, 0.5) is 21.9 Å². The zero-order valence-electron chi connectivity index (χ0n) is 19.5. The van der Waals surface area contributed by atoms with Crippen LogP contribution in [-0.2, 0) is 16.0 Å². The molecule has 0 spiro atoms. The minimum atomic E-state index is -0.858. The number of hydrogen-bond donors (Lipinski definition) is 3. The van der Waals surface area contributed by atoms with E-state index in [9.17, 15) is 14.4 Å². The number of anilines is 3. The molecule has 0 saturated heterocycles. The lowest BCUT2D eigenvalue weighted by Gasteiger charge is -2.20. The third-order valence-electron chi connectivity index (χ3n) is 5.57. The second-order valence-corrected chi connectivity index (χ2v) is 8.32. The summed E-state index contributed by atoms with van der Waals surface area (Å²) in [6.07, 6.45) is 0.202. The number of aliphatic carboxylic acids is 1. The number of benzene rings is 3. The number of para-hydroxylation sites is 1. The second kappa shape index (κ2) is 11.1. The molecule has 3 rings (SSSR count). The highest BCUT2D eigenvalue weighted by molar-refractivity contribution is 6.01. The lowest BCUT2D eigenvalue weighted by Crippen LogP contribution is -2.31. The number of aryl methyl sites for hydroxylation is 1. The Bertz CT molecular complexity index is 1170. The molecular formula is C27H29N3O4. The molecule has 0 aromatic heterocycles. The van der Waals surface area contributed by atoms with Crippen LogP contribution in [0.5, 0.6) is 0 Å². The van der Waals surface area contributed by atoms with Crippen LogP contribution < -0.4 is 15.5 Å². The summed E-state index contributed by atoms with van der Waals surface area (Å²) >= 11 is 0. The smallest absolute Gasteiger partial charge is 0.326 e. The molecule has 3 N–H and O–H groups in total. The molecule has 34 heavy (non-hydrogen) atoms. The first-order valence-electron chi connectivity index (χ1n) is 11.0. The molecule has 0 aliphatic heterocycles. The van der Waals surface area contributed by atoms with Crippen LogP contribution in [0.1, 0.15) is 36.0 Å². The van der Waals surface area contributed by atoms with Gasteiger partial charge >= 0.3 is 12.0 Å². The van der Waals surface area contributed by atoms with E-state index in [0.29, 0.717) is 11.4 Å². The van der Waals surface area contributed by atoms with Gasteiger partial charge in [-0.3, -0.25) is 14.5 Å². The highest BCUT2D eigenvalue weighted by atomic mass is 16.4. The van der Waals surface area contributed by atoms with Crippen LogP contribution in [0.15, 0.2) is 72.8 Å². The molecule has 3 amide bonds. The summed E-state index contributed by atoms with van der Waals surface area (Å²) in [5.41, 5.74) is 4.75. The molecule has 0 aliphatic rings. The molecule has 0 radical (unpaired) electrons. The topological polar surface area (TPSA) is 98.7 Å². The van der Waals surface area contributed by atoms with Gasteiger partial charge in [0.1, 0.15) is 0 Å². The molecule has 3 aromatic rings. The normalized spacial score (nSPS) is 11.4. The number of nitrogens with one attached hydrogen (secondary N) is 2. The van der Waals surface area contributed by atoms with E-state index in [0.717, 1.165) is 22.4 Å². The highest BCUT2D eigenvalue weighted by Crippen LogP contribution is 2.23. The Labute approximate surface area is 199 Å². The number of rotatable bonds is 8. The van der Waals surface area contributed by atoms with Gasteiger partial charge in [0.05, 0.1) is 12.8 Å². The SMILES string of the molecule is Cc1ccccc1N(C)C(=O)Nc1ccc(CC(=O)Nc2cccc(C(C)CC(=O)O)c2)cc1. The third kappa shape index (κ3) is 6.68. The summed E-state index contributed by atoms with van der Waals surface area (Å²) in [7, 11) is 1.72. The number of carboxylic acid groups (broad SMARTS) is 1. The van der Waals surface area contributed by atoms with Crippen molar-refractivity contribution in [2.45, 2.75) is 32.6 Å². The molecule has 176 valence electrons. The van der Waals surface area contributed by atoms with E-state index in [1.807, 2.05) is 44.2 Å². The summed E-state index contributed by atoms with van der Waals surface area (Å²) in [5.74, 6) is -1.19. The maximum Gasteiger partial charge on any atom is 0.326 e. The van der Waals surface area contributed by atoms with Gasteiger partial charge in [-0.05, 0) is 59.9 Å². The van der Waals surface area contributed by atoms with Crippen molar-refractivity contribution in [3.05, 3.63) is 89.5 Å². The first-order valence-corrected chi connectivity index (χ1v) is 11.0. The van der Waals surface area contributed by atoms with E-state index in [-0.39, 0.29) is 30.7 Å². The predicted molar refractivity (Wildman–Crippen MR) is 134 cm³/mol. The zero-order valence-corrected chi connectivity index (χ0v) is 19.5. The Kier molecular flexibility index (Phi) is 8.03. The van der Waals surface area contributed by atoms with E-state index < -0.39 is 5.97 Å². The number of carbonyl (C=O) groups excluding carboxylic acids is 2. The molecule has 7 nitrogen and oxygen atoms in total. The molecular weight excluding hydrogens is 430 g/mol. The van der Waals surface area contributed by atoms with Crippen molar-refractivity contribution in [1.82, 2.24) is 0 Å². The molecule has 7 heteroatoms. The van der Waals surface area contributed by atoms with Crippen LogP contribution in [0.25, 0.3) is 0 Å². The van der Waals surface area contributed by atoms with Crippen LogP contribution in [0.3, 0.4) is 0 Å². The van der Waals surface area contributed by atoms with Crippen molar-refractivity contribution in [1.29, 1.82) is 0 Å². The summed E-state index contributed by atoms with van der Waals surface area (Å²) in [5, 5.41) is 14.7. The average molecular weight is 460 g/mol. The first-order chi connectivity index (χ1) is 16.2. The highest BCUT2D eigenvalue weighted by Gasteiger charge is 2.14. The van der Waals surface area contributed by atoms with Gasteiger partial charge in [0.25, 0.3) is 0 Å². The molecule has 0 bridgehead atoms. The van der Waals surface area contributed by atoms with Gasteiger partial charge in [0.15, 0.2) is 0 Å². The Balaban J connectivity index is 1.56. The molecule has 1 unspecified atom stereocenters. The fraction of sp³-hybridized carbons (Fsp3) is 0.222. The van der Waals surface area contributed by atoms with Crippen LogP contribution in [0.2, 0.25) is 0 Å². The van der Waals surface area contributed by atoms with Gasteiger partial charge in [-0.15, -0.1) is 0 Å². The van der Waals surface area contributed by atoms with E-state index in [1.165, 1.54) is 0 Å². The molecule has 1 atom stereocenters. The number of hydrogen-bond acceptors (Lipinski definition) is 3. The number of carbonyl (C=O) groups is 3. The van der Waals surface area contributed by atoms with Crippen LogP contribution in [0, 0.1) is 6.92 Å². The van der Waals surface area contributed by atoms with E-state index in [1.54, 1.807) is 54.4 Å². The quantitative estimate of drug-likeness (QED) is 0.419. The van der Waals surface area contributed by atoms with Crippen molar-refractivity contribution in [2.24, 2.45) is 0 Å². The number of nitrogens with zero attached hydrogens (tertiary/aromatic N) is 1. The van der Waals surface area contributed by atoms with Gasteiger partial charge in [-0.25, -0.2) is 4.79 Å². The monoisotopic (exact) mass is 459 g/mol. The number of carboxylic acids is 1. The fourth-order valence-electron chi connectivity index (χ4n) is 3.66. The number of amides is 3. The van der Waals surface area contributed by atoms with Crippen LogP contribution in [-0.4, -0.2) is 30.1 Å². The molecule has 3 aromatic carbocycles. The Morgan fingerprint density at radius 2 is 1.62 bits per heavy atom. The number of urea groups is 1. The minimum Gasteiger partial charge on any atom is -0.481 e. The summed E-state index contributed by atoms with van der Waals surface area (Å²) in [6, 6.07) is 21.8. The molecule has 0 saturated carbocycles. The largest absolute Gasteiger partial charge is 0.481 e. The van der Waals surface area contributed by atoms with Gasteiger partial charge < -0.3 is 15.7 Å². The van der Waals surface area contributed by atoms with Crippen molar-refractivity contribution >= 4 is 35.0 Å². The van der Waals surface area contributed by atoms with Crippen molar-refractivity contribution in [3.8, 4) is 0 Å². The predicted octanol–water partition coefficient (Wildman–Crippen LogP) is 5.42. The Morgan fingerprint density at radius 1 is 0.912 bits per heavy atom. The van der Waals surface area contributed by atoms with Crippen molar-refractivity contribution in [3.63, 3.8) is 0 Å². The van der Waals surface area contributed by atoms with Gasteiger partial charge in [-0.2, -0.15) is 0 Å². The minimum absolute atomic E-state index is 0.0288. The Morgan fingerprint density at radius 3 is 2.29 bits per heavy atom. The molecule has 0 heterocycles. The first kappa shape index (κ1) is 24.5. The molecule has 0 fully saturated rings. The maximum atomic E-state index is 12.6. The second-order valence-electron chi connectivity index (χ2n) is 8.32. The summed E-state index contributed by atoms with van der Waals surface area (Å²) < 4.78 is 0. The van der Waals surface area contributed by atoms with Gasteiger partial charge in [-0.1, -0.05) is 49.4 Å². The summed E-state index contributed by atoms with van der Waals surface area (Å²) in [6.45, 7) is 3.79. The maximum absolute atomic E-state index is 12.6. The standard InChI is InChI=1S/C27H29N3O4/c1-18-7-4-5-10-24(18)30(3)27(34)29-22-13-11-20(12-14-22)16-25(31)28-23-9-6-8-21(17-23)19(2)15-26(32)33/h4-14,17,19H,15-16H2,1-3H3,(H,28,31)(H,29,34)(H,32,33). The van der Waals surface area contributed by atoms with E-state index in [4.69, 9.17) is 5.11 Å². The zero-order chi connectivity index (χ0) is 24.7. The van der Waals surface area contributed by atoms with Gasteiger partial charge in [0, 0.05) is 24.1 Å². The summed E-state index contributed by atoms with van der Waals surface area (Å²) in [4.78, 5) is 37.6. The average Bonchev–Trinajstić information content (AvgIpc) is 2.80. The van der Waals surface area contributed by atoms with Crippen LogP contribution >= 0.6 is 0 Å². The van der Waals surface area contributed by atoms with E-state index >= 15 is 0 Å². The van der Waals surface area contributed by atoms with Crippen molar-refractivity contribution < 1.29 is 19.5 Å². The van der Waals surface area contributed by atoms with E-state index in [2.05, 4.69) is 10.6 Å². The molecule has 0 aliphatic carbocycles. The fourth-order valence-corrected chi connectivity index (χ4v) is 3.66.